The molecular formula is C22H24ClN5O5. The van der Waals surface area contributed by atoms with Gasteiger partial charge in [0.2, 0.25) is 5.95 Å². The molecule has 33 heavy (non-hydrogen) atoms. The first-order chi connectivity index (χ1) is 16.0. The predicted octanol–water partition coefficient (Wildman–Crippen LogP) is 2.77. The van der Waals surface area contributed by atoms with Crippen molar-refractivity contribution < 1.29 is 23.7 Å². The Morgan fingerprint density at radius 2 is 2.15 bits per heavy atom. The van der Waals surface area contributed by atoms with Crippen molar-refractivity contribution in [1.29, 1.82) is 0 Å². The Kier molecular flexibility index (Phi) is 5.92. The summed E-state index contributed by atoms with van der Waals surface area (Å²) in [5, 5.41) is 0.155. The van der Waals surface area contributed by atoms with E-state index in [9.17, 15) is 4.79 Å². The fraction of sp³-hybridized carbons (Fsp3) is 0.455. The third-order valence-corrected chi connectivity index (χ3v) is 6.16. The zero-order valence-corrected chi connectivity index (χ0v) is 18.8. The number of halogens is 1. The number of nitrogen functional groups attached to an aromatic ring is 1. The molecule has 4 heterocycles. The van der Waals surface area contributed by atoms with Crippen LogP contribution in [-0.2, 0) is 18.9 Å². The molecule has 5 rings (SSSR count). The Morgan fingerprint density at radius 1 is 1.33 bits per heavy atom. The molecule has 2 bridgehead atoms. The van der Waals surface area contributed by atoms with E-state index >= 15 is 0 Å². The van der Waals surface area contributed by atoms with Gasteiger partial charge in [-0.1, -0.05) is 43.1 Å². The van der Waals surface area contributed by atoms with Crippen LogP contribution in [-0.4, -0.2) is 63.1 Å². The number of hydrogen-bond donors (Lipinski definition) is 1. The van der Waals surface area contributed by atoms with Crippen LogP contribution in [0, 0.1) is 0 Å². The van der Waals surface area contributed by atoms with Gasteiger partial charge in [0.05, 0.1) is 18.5 Å². The fourth-order valence-electron chi connectivity index (χ4n) is 4.25. The highest BCUT2D eigenvalue weighted by atomic mass is 35.5. The summed E-state index contributed by atoms with van der Waals surface area (Å²) in [6, 6.07) is 8.81. The molecule has 0 aliphatic carbocycles. The Balaban J connectivity index is 1.43. The molecule has 1 aromatic carbocycles. The van der Waals surface area contributed by atoms with Crippen LogP contribution in [0.3, 0.4) is 0 Å². The quantitative estimate of drug-likeness (QED) is 0.298. The number of hydrogen-bond acceptors (Lipinski definition) is 9. The molecule has 0 saturated carbocycles. The molecule has 174 valence electrons. The molecule has 0 spiro atoms. The van der Waals surface area contributed by atoms with E-state index in [2.05, 4.69) is 21.9 Å². The number of carbonyl (C=O) groups is 1. The van der Waals surface area contributed by atoms with Gasteiger partial charge >= 0.3 is 5.97 Å². The molecule has 2 N–H and O–H groups in total. The van der Waals surface area contributed by atoms with Gasteiger partial charge in [-0.05, 0) is 18.6 Å². The highest BCUT2D eigenvalue weighted by molar-refractivity contribution is 6.33. The minimum Gasteiger partial charge on any atom is -0.459 e. The molecule has 2 saturated heterocycles. The van der Waals surface area contributed by atoms with Gasteiger partial charge in [0.25, 0.3) is 0 Å². The minimum atomic E-state index is -0.966. The number of nitrogens with two attached hydrogens (primary N) is 1. The second-order valence-corrected chi connectivity index (χ2v) is 8.49. The maximum atomic E-state index is 12.6. The highest BCUT2D eigenvalue weighted by Crippen LogP contribution is 2.47. The number of ether oxygens (including phenoxy) is 4. The van der Waals surface area contributed by atoms with Crippen molar-refractivity contribution in [1.82, 2.24) is 19.5 Å². The van der Waals surface area contributed by atoms with E-state index in [1.54, 1.807) is 35.2 Å². The summed E-state index contributed by atoms with van der Waals surface area (Å²) in [4.78, 5) is 25.1. The Hall–Kier alpha value is -2.79. The van der Waals surface area contributed by atoms with Crippen molar-refractivity contribution in [2.75, 3.05) is 25.6 Å². The third kappa shape index (κ3) is 3.93. The van der Waals surface area contributed by atoms with Crippen molar-refractivity contribution in [2.45, 2.75) is 43.8 Å². The first kappa shape index (κ1) is 22.0. The van der Waals surface area contributed by atoms with Crippen LogP contribution in [0.5, 0.6) is 0 Å². The first-order valence-electron chi connectivity index (χ1n) is 10.8. The largest absolute Gasteiger partial charge is 0.459 e. The smallest absolute Gasteiger partial charge is 0.338 e. The lowest BCUT2D eigenvalue weighted by Crippen LogP contribution is -2.47. The standard InChI is InChI=1S/C22H24ClN5O5/c1-2-3-9-30-16-15-19(28-12-25-14-17(23)26-21(24)27-18(14)28)33-22(16,10-31-15)11-32-20(29)13-7-5-4-6-8-13/h4-8,12,15-16,19H,2-3,9-11H2,1H3,(H2,24,26,27)/t15?,16?,19-,22+/m1/s1. The van der Waals surface area contributed by atoms with Gasteiger partial charge < -0.3 is 24.7 Å². The molecule has 3 aromatic rings. The minimum absolute atomic E-state index is 0.0188. The van der Waals surface area contributed by atoms with Crippen molar-refractivity contribution in [3.05, 3.63) is 47.4 Å². The number of carbonyl (C=O) groups excluding carboxylic acids is 1. The molecule has 4 atom stereocenters. The van der Waals surface area contributed by atoms with Gasteiger partial charge in [-0.3, -0.25) is 4.57 Å². The average molecular weight is 474 g/mol. The van der Waals surface area contributed by atoms with Gasteiger partial charge in [0.1, 0.15) is 24.3 Å². The summed E-state index contributed by atoms with van der Waals surface area (Å²) in [5.41, 5.74) is 6.13. The lowest BCUT2D eigenvalue weighted by molar-refractivity contribution is -0.187. The Bertz CT molecular complexity index is 1160. The number of unbranched alkanes of at least 4 members (excludes halogenated alkanes) is 1. The number of imidazole rings is 1. The summed E-state index contributed by atoms with van der Waals surface area (Å²) in [6.45, 7) is 2.84. The highest BCUT2D eigenvalue weighted by Gasteiger charge is 2.64. The summed E-state index contributed by atoms with van der Waals surface area (Å²) < 4.78 is 26.1. The van der Waals surface area contributed by atoms with Crippen molar-refractivity contribution in [2.24, 2.45) is 0 Å². The molecule has 10 nitrogen and oxygen atoms in total. The van der Waals surface area contributed by atoms with E-state index < -0.39 is 30.0 Å². The van der Waals surface area contributed by atoms with E-state index in [1.807, 2.05) is 6.07 Å². The van der Waals surface area contributed by atoms with Gasteiger partial charge in [0.15, 0.2) is 22.6 Å². The third-order valence-electron chi connectivity index (χ3n) is 5.90. The van der Waals surface area contributed by atoms with Gasteiger partial charge in [0, 0.05) is 6.61 Å². The number of aromatic nitrogens is 4. The number of benzene rings is 1. The van der Waals surface area contributed by atoms with Gasteiger partial charge in [-0.2, -0.15) is 9.97 Å². The number of esters is 1. The van der Waals surface area contributed by atoms with Crippen molar-refractivity contribution >= 4 is 34.7 Å². The first-order valence-corrected chi connectivity index (χ1v) is 11.2. The average Bonchev–Trinajstić information content (AvgIpc) is 3.48. The normalized spacial score (nSPS) is 26.2. The molecule has 11 heteroatoms. The lowest BCUT2D eigenvalue weighted by Gasteiger charge is -2.31. The van der Waals surface area contributed by atoms with Crippen LogP contribution < -0.4 is 5.73 Å². The van der Waals surface area contributed by atoms with Crippen LogP contribution >= 0.6 is 11.6 Å². The maximum absolute atomic E-state index is 12.6. The predicted molar refractivity (Wildman–Crippen MR) is 119 cm³/mol. The Labute approximate surface area is 195 Å². The maximum Gasteiger partial charge on any atom is 0.338 e. The number of nitrogens with zero attached hydrogens (tertiary/aromatic N) is 4. The summed E-state index contributed by atoms with van der Waals surface area (Å²) in [5.74, 6) is -0.409. The topological polar surface area (TPSA) is 124 Å². The molecule has 2 aromatic heterocycles. The van der Waals surface area contributed by atoms with Crippen molar-refractivity contribution in [3.8, 4) is 0 Å². The zero-order valence-electron chi connectivity index (χ0n) is 18.0. The summed E-state index contributed by atoms with van der Waals surface area (Å²) in [7, 11) is 0. The molecule has 2 aliphatic rings. The van der Waals surface area contributed by atoms with Gasteiger partial charge in [-0.25, -0.2) is 9.78 Å². The monoisotopic (exact) mass is 473 g/mol. The Morgan fingerprint density at radius 3 is 2.94 bits per heavy atom. The lowest BCUT2D eigenvalue weighted by atomic mass is 10.00. The molecular weight excluding hydrogens is 450 g/mol. The van der Waals surface area contributed by atoms with E-state index in [0.29, 0.717) is 23.3 Å². The second-order valence-electron chi connectivity index (χ2n) is 8.13. The van der Waals surface area contributed by atoms with E-state index in [-0.39, 0.29) is 24.3 Å². The number of rotatable bonds is 8. The van der Waals surface area contributed by atoms with Crippen molar-refractivity contribution in [3.63, 3.8) is 0 Å². The van der Waals surface area contributed by atoms with Gasteiger partial charge in [-0.15, -0.1) is 0 Å². The molecule has 2 unspecified atom stereocenters. The van der Waals surface area contributed by atoms with E-state index in [1.165, 1.54) is 0 Å². The SMILES string of the molecule is CCCCOC1C2OC[C@@]1(COC(=O)c1ccccc1)O[C@H]2n1cnc2c(Cl)nc(N)nc21. The summed E-state index contributed by atoms with van der Waals surface area (Å²) >= 11 is 6.18. The second kappa shape index (κ2) is 8.86. The van der Waals surface area contributed by atoms with Crippen LogP contribution in [0.4, 0.5) is 5.95 Å². The zero-order chi connectivity index (χ0) is 23.0. The van der Waals surface area contributed by atoms with Crippen LogP contribution in [0.1, 0.15) is 36.4 Å². The van der Waals surface area contributed by atoms with E-state index in [0.717, 1.165) is 12.8 Å². The number of anilines is 1. The van der Waals surface area contributed by atoms with Crippen LogP contribution in [0.25, 0.3) is 11.2 Å². The molecule has 0 amide bonds. The van der Waals surface area contributed by atoms with Crippen LogP contribution in [0.2, 0.25) is 5.15 Å². The number of fused-ring (bicyclic) bond motifs is 3. The molecule has 0 radical (unpaired) electrons. The van der Waals surface area contributed by atoms with E-state index in [4.69, 9.17) is 36.3 Å². The molecule has 2 aliphatic heterocycles. The summed E-state index contributed by atoms with van der Waals surface area (Å²) in [6.07, 6.45) is 1.93. The molecule has 2 fully saturated rings. The fourth-order valence-corrected chi connectivity index (χ4v) is 4.47. The van der Waals surface area contributed by atoms with Crippen LogP contribution in [0.15, 0.2) is 36.7 Å².